The van der Waals surface area contributed by atoms with Gasteiger partial charge in [-0.25, -0.2) is 0 Å². The van der Waals surface area contributed by atoms with Crippen LogP contribution in [0.5, 0.6) is 0 Å². The van der Waals surface area contributed by atoms with Crippen LogP contribution in [0.15, 0.2) is 0 Å². The summed E-state index contributed by atoms with van der Waals surface area (Å²) in [6.45, 7) is 12.9. The van der Waals surface area contributed by atoms with Gasteiger partial charge in [0.2, 0.25) is 0 Å². The maximum atomic E-state index is 6.27. The van der Waals surface area contributed by atoms with Crippen LogP contribution in [-0.4, -0.2) is 40.6 Å². The Balaban J connectivity index is 2.13. The van der Waals surface area contributed by atoms with Crippen LogP contribution in [0.25, 0.3) is 0 Å². The first kappa shape index (κ1) is 15.7. The largest absolute Gasteiger partial charge is 0.329 e. The molecule has 19 heavy (non-hydrogen) atoms. The Hall–Kier alpha value is 0.270. The van der Waals surface area contributed by atoms with Crippen LogP contribution in [0.3, 0.4) is 0 Å². The van der Waals surface area contributed by atoms with Gasteiger partial charge in [0.05, 0.1) is 0 Å². The van der Waals surface area contributed by atoms with Gasteiger partial charge in [0.1, 0.15) is 0 Å². The molecule has 1 saturated carbocycles. The predicted molar refractivity (Wildman–Crippen MR) is 86.8 cm³/mol. The number of hydrogen-bond donors (Lipinski definition) is 1. The minimum atomic E-state index is 0.284. The van der Waals surface area contributed by atoms with Crippen LogP contribution in [0, 0.1) is 5.41 Å². The second-order valence-corrected chi connectivity index (χ2v) is 9.78. The quantitative estimate of drug-likeness (QED) is 0.787. The Morgan fingerprint density at radius 1 is 1.05 bits per heavy atom. The summed E-state index contributed by atoms with van der Waals surface area (Å²) in [7, 11) is 0. The average molecular weight is 285 g/mol. The van der Waals surface area contributed by atoms with Gasteiger partial charge in [-0.05, 0) is 44.9 Å². The number of nitrogens with two attached hydrogens (primary N) is 1. The van der Waals surface area contributed by atoms with Crippen molar-refractivity contribution in [3.63, 3.8) is 0 Å². The molecule has 1 saturated heterocycles. The van der Waals surface area contributed by atoms with E-state index in [0.29, 0.717) is 10.2 Å². The van der Waals surface area contributed by atoms with Crippen LogP contribution in [0.2, 0.25) is 0 Å². The van der Waals surface area contributed by atoms with Crippen LogP contribution in [0.4, 0.5) is 0 Å². The van der Waals surface area contributed by atoms with Crippen molar-refractivity contribution >= 4 is 11.8 Å². The topological polar surface area (TPSA) is 29.3 Å². The van der Waals surface area contributed by atoms with Crippen molar-refractivity contribution in [1.82, 2.24) is 4.90 Å². The smallest absolute Gasteiger partial charge is 0.0332 e. The first-order valence-corrected chi connectivity index (χ1v) is 8.86. The monoisotopic (exact) mass is 284 g/mol. The first-order valence-electron chi connectivity index (χ1n) is 7.88. The number of thioether (sulfide) groups is 1. The Morgan fingerprint density at radius 2 is 1.79 bits per heavy atom. The van der Waals surface area contributed by atoms with Crippen molar-refractivity contribution in [1.29, 1.82) is 0 Å². The lowest BCUT2D eigenvalue weighted by Crippen LogP contribution is -2.59. The van der Waals surface area contributed by atoms with Crippen LogP contribution < -0.4 is 5.73 Å². The minimum absolute atomic E-state index is 0.284. The third kappa shape index (κ3) is 3.68. The summed E-state index contributed by atoms with van der Waals surface area (Å²) >= 11 is 2.12. The summed E-state index contributed by atoms with van der Waals surface area (Å²) in [6, 6.07) is 0. The van der Waals surface area contributed by atoms with Crippen molar-refractivity contribution in [2.75, 3.05) is 25.4 Å². The summed E-state index contributed by atoms with van der Waals surface area (Å²) in [5.74, 6) is 1.26. The van der Waals surface area contributed by atoms with E-state index in [0.717, 1.165) is 6.54 Å². The Kier molecular flexibility index (Phi) is 4.59. The van der Waals surface area contributed by atoms with Crippen molar-refractivity contribution in [3.8, 4) is 0 Å². The van der Waals surface area contributed by atoms with E-state index in [9.17, 15) is 0 Å². The van der Waals surface area contributed by atoms with E-state index in [-0.39, 0.29) is 5.54 Å². The SMILES string of the molecule is CC1(C)CCCC(CN)(N2CCSC(C)(C)C2)CC1. The zero-order valence-corrected chi connectivity index (χ0v) is 14.1. The van der Waals surface area contributed by atoms with E-state index in [2.05, 4.69) is 44.4 Å². The fraction of sp³-hybridized carbons (Fsp3) is 1.00. The summed E-state index contributed by atoms with van der Waals surface area (Å²) < 4.78 is 0.391. The van der Waals surface area contributed by atoms with E-state index in [1.54, 1.807) is 0 Å². The van der Waals surface area contributed by atoms with Gasteiger partial charge < -0.3 is 5.73 Å². The van der Waals surface area contributed by atoms with Crippen LogP contribution >= 0.6 is 11.8 Å². The molecule has 1 atom stereocenters. The molecule has 0 radical (unpaired) electrons. The molecule has 0 aromatic heterocycles. The minimum Gasteiger partial charge on any atom is -0.329 e. The molecule has 2 rings (SSSR count). The van der Waals surface area contributed by atoms with Gasteiger partial charge in [-0.15, -0.1) is 0 Å². The van der Waals surface area contributed by atoms with Gasteiger partial charge >= 0.3 is 0 Å². The van der Waals surface area contributed by atoms with Gasteiger partial charge in [-0.1, -0.05) is 20.3 Å². The third-order valence-corrected chi connectivity index (χ3v) is 6.54. The molecule has 0 amide bonds. The third-order valence-electron chi connectivity index (χ3n) is 5.24. The summed E-state index contributed by atoms with van der Waals surface area (Å²) in [6.07, 6.45) is 6.62. The second kappa shape index (κ2) is 5.57. The fourth-order valence-corrected chi connectivity index (χ4v) is 4.90. The lowest BCUT2D eigenvalue weighted by atomic mass is 9.82. The second-order valence-electron chi connectivity index (χ2n) is 7.98. The summed E-state index contributed by atoms with van der Waals surface area (Å²) in [4.78, 5) is 2.74. The summed E-state index contributed by atoms with van der Waals surface area (Å²) in [5.41, 5.74) is 7.06. The maximum Gasteiger partial charge on any atom is 0.0332 e. The predicted octanol–water partition coefficient (Wildman–Crippen LogP) is 3.50. The standard InChI is InChI=1S/C16H32N2S/c1-14(2)6-5-7-16(12-17,9-8-14)18-10-11-19-15(3,4)13-18/h5-13,17H2,1-4H3. The molecule has 2 nitrogen and oxygen atoms in total. The molecule has 0 aromatic rings. The van der Waals surface area contributed by atoms with Gasteiger partial charge in [0.25, 0.3) is 0 Å². The summed E-state index contributed by atoms with van der Waals surface area (Å²) in [5, 5.41) is 0. The van der Waals surface area contributed by atoms with Crippen molar-refractivity contribution in [3.05, 3.63) is 0 Å². The van der Waals surface area contributed by atoms with Gasteiger partial charge in [-0.2, -0.15) is 11.8 Å². The zero-order chi connectivity index (χ0) is 14.1. The van der Waals surface area contributed by atoms with Crippen LogP contribution in [0.1, 0.15) is 59.8 Å². The molecule has 1 heterocycles. The molecule has 0 bridgehead atoms. The lowest BCUT2D eigenvalue weighted by Gasteiger charge is -2.49. The van der Waals surface area contributed by atoms with E-state index in [4.69, 9.17) is 5.73 Å². The van der Waals surface area contributed by atoms with Gasteiger partial charge in [-0.3, -0.25) is 4.90 Å². The van der Waals surface area contributed by atoms with E-state index >= 15 is 0 Å². The molecule has 0 spiro atoms. The van der Waals surface area contributed by atoms with Crippen molar-refractivity contribution in [2.45, 2.75) is 70.1 Å². The Bertz CT molecular complexity index is 314. The molecular weight excluding hydrogens is 252 g/mol. The molecule has 2 aliphatic rings. The first-order chi connectivity index (χ1) is 8.79. The van der Waals surface area contributed by atoms with Gasteiger partial charge in [0.15, 0.2) is 0 Å². The maximum absolute atomic E-state index is 6.27. The highest BCUT2D eigenvalue weighted by molar-refractivity contribution is 8.00. The van der Waals surface area contributed by atoms with E-state index in [1.807, 2.05) is 0 Å². The average Bonchev–Trinajstić information content (AvgIpc) is 2.47. The normalized spacial score (nSPS) is 35.8. The van der Waals surface area contributed by atoms with E-state index in [1.165, 1.54) is 50.9 Å². The molecular formula is C16H32N2S. The highest BCUT2D eigenvalue weighted by atomic mass is 32.2. The Labute approximate surface area is 123 Å². The highest BCUT2D eigenvalue weighted by Crippen LogP contribution is 2.43. The molecule has 1 unspecified atom stereocenters. The number of hydrogen-bond acceptors (Lipinski definition) is 3. The molecule has 2 N–H and O–H groups in total. The molecule has 2 fully saturated rings. The lowest BCUT2D eigenvalue weighted by molar-refractivity contribution is 0.0702. The fourth-order valence-electron chi connectivity index (χ4n) is 3.79. The molecule has 0 aromatic carbocycles. The zero-order valence-electron chi connectivity index (χ0n) is 13.3. The van der Waals surface area contributed by atoms with Crippen molar-refractivity contribution in [2.24, 2.45) is 11.1 Å². The van der Waals surface area contributed by atoms with E-state index < -0.39 is 0 Å². The van der Waals surface area contributed by atoms with Crippen LogP contribution in [-0.2, 0) is 0 Å². The number of nitrogens with zero attached hydrogens (tertiary/aromatic N) is 1. The molecule has 3 heteroatoms. The highest BCUT2D eigenvalue weighted by Gasteiger charge is 2.42. The van der Waals surface area contributed by atoms with Gasteiger partial charge in [0, 0.05) is 35.7 Å². The molecule has 1 aliphatic heterocycles. The number of rotatable bonds is 2. The van der Waals surface area contributed by atoms with Crippen molar-refractivity contribution < 1.29 is 0 Å². The Morgan fingerprint density at radius 3 is 2.42 bits per heavy atom. The molecule has 112 valence electrons. The molecule has 1 aliphatic carbocycles.